The Morgan fingerprint density at radius 1 is 0.618 bits per heavy atom. The van der Waals surface area contributed by atoms with Crippen molar-refractivity contribution in [3.8, 4) is 0 Å². The molecule has 0 saturated carbocycles. The SMILES string of the molecule is C(=C\c1ccco1)/c1ccn[nH]1.C(=C\c1cccs1)/c1ccn[nH]1.C1=C(/C=C/c2ccn[nH]2)Cc2ccccc21.O=[N+]([O-])c1ccc(/C=C/c2ccn[nH]2)o1. The van der Waals surface area contributed by atoms with Gasteiger partial charge in [0.2, 0.25) is 0 Å². The lowest BCUT2D eigenvalue weighted by Gasteiger charge is -1.94. The summed E-state index contributed by atoms with van der Waals surface area (Å²) < 4.78 is 10.0. The van der Waals surface area contributed by atoms with Gasteiger partial charge in [0.15, 0.2) is 0 Å². The molecule has 0 fully saturated rings. The molecule has 55 heavy (non-hydrogen) atoms. The Kier molecular flexibility index (Phi) is 13.4. The first-order valence-electron chi connectivity index (χ1n) is 16.9. The van der Waals surface area contributed by atoms with Crippen molar-refractivity contribution in [2.24, 2.45) is 0 Å². The van der Waals surface area contributed by atoms with Gasteiger partial charge in [-0.25, -0.2) is 0 Å². The Morgan fingerprint density at radius 2 is 1.22 bits per heavy atom. The maximum Gasteiger partial charge on any atom is 0.433 e. The van der Waals surface area contributed by atoms with E-state index in [4.69, 9.17) is 8.83 Å². The monoisotopic (exact) mass is 749 g/mol. The third kappa shape index (κ3) is 12.3. The van der Waals surface area contributed by atoms with E-state index in [1.54, 1.807) is 60.6 Å². The summed E-state index contributed by atoms with van der Waals surface area (Å²) in [5.74, 6) is 1.00. The summed E-state index contributed by atoms with van der Waals surface area (Å²) in [6.45, 7) is 0. The summed E-state index contributed by atoms with van der Waals surface area (Å²) in [5.41, 5.74) is 7.93. The standard InChI is InChI=1S/C14H12N2.C9H7N3O3.C9H8N2O.C9H8N2S/c1-2-4-13-10-11(9-12(13)3-1)5-6-14-7-8-15-16-14;13-12(14)9-4-3-8(15-9)2-1-7-5-6-10-11-7;2*1-2-9(12-7-1)4-3-8-5-6-10-11-8/h1-9H,10H2,(H,15,16);1-6H,(H,10,11);2*1-7H,(H,10,11)/b6-5+;2-1+;2*4-3+. The lowest BCUT2D eigenvalue weighted by Crippen LogP contribution is -1.82. The van der Waals surface area contributed by atoms with E-state index in [0.29, 0.717) is 5.76 Å². The van der Waals surface area contributed by atoms with E-state index in [-0.39, 0.29) is 5.88 Å². The van der Waals surface area contributed by atoms with Crippen LogP contribution in [0.2, 0.25) is 0 Å². The van der Waals surface area contributed by atoms with Gasteiger partial charge in [-0.1, -0.05) is 42.5 Å². The van der Waals surface area contributed by atoms with Crippen LogP contribution in [0, 0.1) is 10.1 Å². The topological polar surface area (TPSA) is 184 Å². The van der Waals surface area contributed by atoms with Gasteiger partial charge in [-0.3, -0.25) is 30.5 Å². The highest BCUT2D eigenvalue weighted by Gasteiger charge is 2.10. The highest BCUT2D eigenvalue weighted by molar-refractivity contribution is 7.10. The van der Waals surface area contributed by atoms with Crippen molar-refractivity contribution in [3.63, 3.8) is 0 Å². The second-order valence-corrected chi connectivity index (χ2v) is 12.4. The molecular formula is C41H35N9O4S. The Bertz CT molecular complexity index is 2270. The van der Waals surface area contributed by atoms with Gasteiger partial charge in [-0.05, 0) is 120 Å². The van der Waals surface area contributed by atoms with Crippen LogP contribution in [0.5, 0.6) is 0 Å². The van der Waals surface area contributed by atoms with E-state index in [1.165, 1.54) is 33.7 Å². The molecule has 0 amide bonds. The van der Waals surface area contributed by atoms with Crippen LogP contribution in [0.1, 0.15) is 50.3 Å². The number of H-pyrrole nitrogens is 4. The lowest BCUT2D eigenvalue weighted by atomic mass is 10.1. The number of hydrogen-bond acceptors (Lipinski definition) is 9. The summed E-state index contributed by atoms with van der Waals surface area (Å²) in [6.07, 6.45) is 27.2. The molecule has 274 valence electrons. The quantitative estimate of drug-likeness (QED) is 0.0830. The van der Waals surface area contributed by atoms with Gasteiger partial charge < -0.3 is 8.83 Å². The maximum absolute atomic E-state index is 10.3. The molecule has 0 atom stereocenters. The predicted octanol–water partition coefficient (Wildman–Crippen LogP) is 9.96. The second kappa shape index (κ2) is 19.9. The molecule has 0 spiro atoms. The minimum atomic E-state index is -0.576. The van der Waals surface area contributed by atoms with E-state index in [0.717, 1.165) is 35.0 Å². The Morgan fingerprint density at radius 3 is 1.73 bits per heavy atom. The number of allylic oxidation sites excluding steroid dienone is 2. The molecule has 7 heterocycles. The molecule has 14 heteroatoms. The first kappa shape index (κ1) is 37.2. The highest BCUT2D eigenvalue weighted by Crippen LogP contribution is 2.25. The minimum absolute atomic E-state index is 0.265. The van der Waals surface area contributed by atoms with Gasteiger partial charge in [0.25, 0.3) is 0 Å². The Balaban J connectivity index is 0.000000126. The van der Waals surface area contributed by atoms with Crippen molar-refractivity contribution in [2.75, 3.05) is 0 Å². The van der Waals surface area contributed by atoms with Crippen LogP contribution in [0.15, 0.2) is 142 Å². The van der Waals surface area contributed by atoms with E-state index in [9.17, 15) is 10.1 Å². The molecule has 1 aliphatic rings. The molecule has 1 aliphatic carbocycles. The van der Waals surface area contributed by atoms with Crippen LogP contribution >= 0.6 is 11.3 Å². The van der Waals surface area contributed by atoms with E-state index in [1.807, 2.05) is 54.6 Å². The number of nitrogens with one attached hydrogen (secondary N) is 4. The zero-order chi connectivity index (χ0) is 37.9. The fraction of sp³-hybridized carbons (Fsp3) is 0.0244. The van der Waals surface area contributed by atoms with Gasteiger partial charge in [0.05, 0.1) is 35.1 Å². The molecule has 0 radical (unpaired) electrons. The largest absolute Gasteiger partial charge is 0.465 e. The molecule has 0 aliphatic heterocycles. The van der Waals surface area contributed by atoms with Crippen molar-refractivity contribution in [1.82, 2.24) is 40.8 Å². The van der Waals surface area contributed by atoms with E-state index < -0.39 is 4.92 Å². The van der Waals surface area contributed by atoms with Crippen molar-refractivity contribution in [1.29, 1.82) is 0 Å². The Hall–Kier alpha value is -7.58. The van der Waals surface area contributed by atoms with Crippen molar-refractivity contribution in [3.05, 3.63) is 193 Å². The summed E-state index contributed by atoms with van der Waals surface area (Å²) in [5, 5.41) is 39.0. The summed E-state index contributed by atoms with van der Waals surface area (Å²) in [4.78, 5) is 11.0. The molecule has 8 aromatic rings. The van der Waals surface area contributed by atoms with Gasteiger partial charge in [0.1, 0.15) is 16.4 Å². The van der Waals surface area contributed by atoms with Crippen LogP contribution in [0.25, 0.3) is 48.6 Å². The second-order valence-electron chi connectivity index (χ2n) is 11.4. The molecular weight excluding hydrogens is 715 g/mol. The lowest BCUT2D eigenvalue weighted by molar-refractivity contribution is -0.402. The number of thiophene rings is 1. The molecule has 0 unspecified atom stereocenters. The summed E-state index contributed by atoms with van der Waals surface area (Å²) in [6, 6.07) is 26.8. The number of fused-ring (bicyclic) bond motifs is 1. The van der Waals surface area contributed by atoms with Gasteiger partial charge >= 0.3 is 5.88 Å². The number of nitro groups is 1. The number of aromatic amines is 4. The summed E-state index contributed by atoms with van der Waals surface area (Å²) in [7, 11) is 0. The number of aromatic nitrogens is 8. The molecule has 1 aromatic carbocycles. The molecule has 0 saturated heterocycles. The minimum Gasteiger partial charge on any atom is -0.465 e. The van der Waals surface area contributed by atoms with Crippen molar-refractivity contribution in [2.45, 2.75) is 6.42 Å². The average molecular weight is 750 g/mol. The maximum atomic E-state index is 10.3. The van der Waals surface area contributed by atoms with Crippen LogP contribution in [-0.4, -0.2) is 45.7 Å². The fourth-order valence-electron chi connectivity index (χ4n) is 4.87. The number of furan rings is 2. The summed E-state index contributed by atoms with van der Waals surface area (Å²) >= 11 is 1.72. The van der Waals surface area contributed by atoms with Gasteiger partial charge in [0, 0.05) is 29.7 Å². The molecule has 13 nitrogen and oxygen atoms in total. The van der Waals surface area contributed by atoms with E-state index in [2.05, 4.69) is 101 Å². The van der Waals surface area contributed by atoms with Crippen LogP contribution in [-0.2, 0) is 6.42 Å². The fourth-order valence-corrected chi connectivity index (χ4v) is 5.48. The predicted molar refractivity (Wildman–Crippen MR) is 217 cm³/mol. The third-order valence-electron chi connectivity index (χ3n) is 7.52. The van der Waals surface area contributed by atoms with Crippen molar-refractivity contribution >= 4 is 65.8 Å². The molecule has 7 aromatic heterocycles. The normalized spacial score (nSPS) is 11.9. The number of nitrogens with zero attached hydrogens (tertiary/aromatic N) is 5. The van der Waals surface area contributed by atoms with Crippen molar-refractivity contribution < 1.29 is 13.8 Å². The molecule has 4 N–H and O–H groups in total. The van der Waals surface area contributed by atoms with Gasteiger partial charge in [-0.15, -0.1) is 11.3 Å². The highest BCUT2D eigenvalue weighted by atomic mass is 32.1. The zero-order valence-electron chi connectivity index (χ0n) is 29.2. The zero-order valence-corrected chi connectivity index (χ0v) is 30.0. The first-order valence-corrected chi connectivity index (χ1v) is 17.7. The Labute approximate surface area is 319 Å². The van der Waals surface area contributed by atoms with Gasteiger partial charge in [-0.2, -0.15) is 20.4 Å². The van der Waals surface area contributed by atoms with E-state index >= 15 is 0 Å². The van der Waals surface area contributed by atoms with Crippen LogP contribution in [0.4, 0.5) is 5.88 Å². The average Bonchev–Trinajstić information content (AvgIpc) is 4.07. The molecule has 0 bridgehead atoms. The van der Waals surface area contributed by atoms with Crippen LogP contribution < -0.4 is 0 Å². The third-order valence-corrected chi connectivity index (χ3v) is 8.35. The number of benzene rings is 1. The number of hydrogen-bond donors (Lipinski definition) is 4. The first-order chi connectivity index (χ1) is 27.1. The van der Waals surface area contributed by atoms with Crippen LogP contribution in [0.3, 0.4) is 0 Å². The smallest absolute Gasteiger partial charge is 0.433 e. The number of rotatable bonds is 9. The molecule has 9 rings (SSSR count).